The number of hydrogen-bond acceptors (Lipinski definition) is 4. The molecule has 18 heavy (non-hydrogen) atoms. The molecule has 0 aromatic carbocycles. The first kappa shape index (κ1) is 12.3. The van der Waals surface area contributed by atoms with Crippen molar-refractivity contribution in [2.24, 2.45) is 16.8 Å². The van der Waals surface area contributed by atoms with Crippen LogP contribution < -0.4 is 11.1 Å². The number of nitrogens with one attached hydrogen (secondary N) is 1. The Hall–Kier alpha value is -2.11. The normalized spacial score (nSPS) is 23.9. The van der Waals surface area contributed by atoms with Crippen LogP contribution in [0.3, 0.4) is 0 Å². The maximum absolute atomic E-state index is 12.0. The fourth-order valence-corrected chi connectivity index (χ4v) is 2.31. The van der Waals surface area contributed by atoms with Gasteiger partial charge in [0.15, 0.2) is 0 Å². The summed E-state index contributed by atoms with van der Waals surface area (Å²) < 4.78 is 0. The van der Waals surface area contributed by atoms with E-state index in [4.69, 9.17) is 10.9 Å². The summed E-state index contributed by atoms with van der Waals surface area (Å²) in [7, 11) is 0. The second-order valence-electron chi connectivity index (χ2n) is 4.38. The molecule has 1 aliphatic carbocycles. The molecule has 0 bridgehead atoms. The van der Waals surface area contributed by atoms with Crippen LogP contribution >= 0.6 is 0 Å². The van der Waals surface area contributed by atoms with Crippen LogP contribution in [-0.2, 0) is 0 Å². The molecule has 1 aromatic heterocycles. The van der Waals surface area contributed by atoms with Gasteiger partial charge in [-0.3, -0.25) is 9.78 Å². The predicted molar refractivity (Wildman–Crippen MR) is 66.2 cm³/mol. The molecule has 1 amide bonds. The van der Waals surface area contributed by atoms with Gasteiger partial charge in [-0.2, -0.15) is 0 Å². The van der Waals surface area contributed by atoms with Crippen molar-refractivity contribution in [1.29, 1.82) is 0 Å². The standard InChI is InChI=1S/C12H16N4O2/c13-11(16-18)9-4-1-5-10(9)15-12(17)8-3-2-6-14-7-8/h2-3,6-7,9-10,18H,1,4-5H2,(H2,13,16)(H,15,17). The zero-order chi connectivity index (χ0) is 13.0. The molecule has 1 aliphatic rings. The molecule has 0 radical (unpaired) electrons. The maximum Gasteiger partial charge on any atom is 0.253 e. The van der Waals surface area contributed by atoms with Crippen molar-refractivity contribution in [1.82, 2.24) is 10.3 Å². The van der Waals surface area contributed by atoms with Gasteiger partial charge in [-0.1, -0.05) is 11.6 Å². The quantitative estimate of drug-likeness (QED) is 0.317. The molecule has 0 spiro atoms. The van der Waals surface area contributed by atoms with E-state index in [2.05, 4.69) is 15.5 Å². The number of nitrogens with zero attached hydrogens (tertiary/aromatic N) is 2. The fraction of sp³-hybridized carbons (Fsp3) is 0.417. The van der Waals surface area contributed by atoms with Gasteiger partial charge in [0.1, 0.15) is 5.84 Å². The van der Waals surface area contributed by atoms with E-state index in [1.165, 1.54) is 6.20 Å². The number of nitrogens with two attached hydrogens (primary N) is 1. The zero-order valence-electron chi connectivity index (χ0n) is 9.91. The molecule has 1 heterocycles. The number of amides is 1. The van der Waals surface area contributed by atoms with Gasteiger partial charge in [0.05, 0.1) is 5.56 Å². The van der Waals surface area contributed by atoms with Gasteiger partial charge in [0.2, 0.25) is 0 Å². The van der Waals surface area contributed by atoms with E-state index in [0.29, 0.717) is 5.56 Å². The van der Waals surface area contributed by atoms with Gasteiger partial charge in [-0.05, 0) is 25.0 Å². The van der Waals surface area contributed by atoms with E-state index in [1.807, 2.05) is 0 Å². The van der Waals surface area contributed by atoms with Gasteiger partial charge in [-0.25, -0.2) is 0 Å². The summed E-state index contributed by atoms with van der Waals surface area (Å²) in [5.41, 5.74) is 6.14. The van der Waals surface area contributed by atoms with Crippen LogP contribution in [0, 0.1) is 5.92 Å². The molecule has 96 valence electrons. The van der Waals surface area contributed by atoms with Gasteiger partial charge in [0.25, 0.3) is 5.91 Å². The minimum Gasteiger partial charge on any atom is -0.409 e. The Morgan fingerprint density at radius 3 is 3.06 bits per heavy atom. The molecule has 6 heteroatoms. The van der Waals surface area contributed by atoms with Gasteiger partial charge < -0.3 is 16.3 Å². The number of pyridine rings is 1. The molecule has 2 unspecified atom stereocenters. The van der Waals surface area contributed by atoms with Crippen LogP contribution in [0.15, 0.2) is 29.7 Å². The van der Waals surface area contributed by atoms with E-state index in [0.717, 1.165) is 19.3 Å². The highest BCUT2D eigenvalue weighted by Gasteiger charge is 2.31. The first-order chi connectivity index (χ1) is 8.72. The average molecular weight is 248 g/mol. The van der Waals surface area contributed by atoms with Gasteiger partial charge in [-0.15, -0.1) is 0 Å². The summed E-state index contributed by atoms with van der Waals surface area (Å²) >= 11 is 0. The second kappa shape index (κ2) is 5.48. The third-order valence-electron chi connectivity index (χ3n) is 3.25. The third kappa shape index (κ3) is 2.58. The highest BCUT2D eigenvalue weighted by molar-refractivity contribution is 5.94. The lowest BCUT2D eigenvalue weighted by Gasteiger charge is -2.19. The summed E-state index contributed by atoms with van der Waals surface area (Å²) in [6.45, 7) is 0. The lowest BCUT2D eigenvalue weighted by molar-refractivity contribution is 0.0933. The molecule has 0 saturated heterocycles. The first-order valence-electron chi connectivity index (χ1n) is 5.90. The number of aromatic nitrogens is 1. The highest BCUT2D eigenvalue weighted by atomic mass is 16.4. The Bertz CT molecular complexity index is 447. The summed E-state index contributed by atoms with van der Waals surface area (Å²) in [6.07, 6.45) is 5.76. The maximum atomic E-state index is 12.0. The van der Waals surface area contributed by atoms with Crippen molar-refractivity contribution in [3.63, 3.8) is 0 Å². The van der Waals surface area contributed by atoms with Crippen LogP contribution in [0.1, 0.15) is 29.6 Å². The van der Waals surface area contributed by atoms with Crippen molar-refractivity contribution in [3.05, 3.63) is 30.1 Å². The average Bonchev–Trinajstić information content (AvgIpc) is 2.87. The lowest BCUT2D eigenvalue weighted by atomic mass is 10.0. The summed E-state index contributed by atoms with van der Waals surface area (Å²) in [6, 6.07) is 3.34. The fourth-order valence-electron chi connectivity index (χ4n) is 2.31. The molecular weight excluding hydrogens is 232 g/mol. The van der Waals surface area contributed by atoms with Crippen molar-refractivity contribution < 1.29 is 10.0 Å². The van der Waals surface area contributed by atoms with Crippen molar-refractivity contribution in [2.75, 3.05) is 0 Å². The number of carbonyl (C=O) groups is 1. The molecular formula is C12H16N4O2. The third-order valence-corrected chi connectivity index (χ3v) is 3.25. The van der Waals surface area contributed by atoms with Crippen LogP contribution in [-0.4, -0.2) is 28.0 Å². The molecule has 1 aromatic rings. The number of oxime groups is 1. The van der Waals surface area contributed by atoms with Gasteiger partial charge in [0, 0.05) is 24.4 Å². The van der Waals surface area contributed by atoms with E-state index in [9.17, 15) is 4.79 Å². The summed E-state index contributed by atoms with van der Waals surface area (Å²) in [4.78, 5) is 15.9. The van der Waals surface area contributed by atoms with Crippen LogP contribution in [0.25, 0.3) is 0 Å². The Morgan fingerprint density at radius 2 is 2.39 bits per heavy atom. The lowest BCUT2D eigenvalue weighted by Crippen LogP contribution is -2.42. The minimum atomic E-state index is -0.175. The van der Waals surface area contributed by atoms with Crippen molar-refractivity contribution >= 4 is 11.7 Å². The minimum absolute atomic E-state index is 0.0754. The molecule has 1 fully saturated rings. The smallest absolute Gasteiger partial charge is 0.253 e. The SMILES string of the molecule is NC(=NO)C1CCCC1NC(=O)c1cccnc1. The zero-order valence-corrected chi connectivity index (χ0v) is 9.91. The highest BCUT2D eigenvalue weighted by Crippen LogP contribution is 2.26. The Kier molecular flexibility index (Phi) is 3.76. The molecule has 2 atom stereocenters. The predicted octanol–water partition coefficient (Wildman–Crippen LogP) is 0.726. The Labute approximate surface area is 105 Å². The topological polar surface area (TPSA) is 101 Å². The van der Waals surface area contributed by atoms with Crippen LogP contribution in [0.5, 0.6) is 0 Å². The van der Waals surface area contributed by atoms with Crippen molar-refractivity contribution in [3.8, 4) is 0 Å². The molecule has 1 saturated carbocycles. The largest absolute Gasteiger partial charge is 0.409 e. The monoisotopic (exact) mass is 248 g/mol. The van der Waals surface area contributed by atoms with Crippen molar-refractivity contribution in [2.45, 2.75) is 25.3 Å². The number of amidine groups is 1. The van der Waals surface area contributed by atoms with Crippen LogP contribution in [0.2, 0.25) is 0 Å². The Morgan fingerprint density at radius 1 is 1.56 bits per heavy atom. The van der Waals surface area contributed by atoms with E-state index < -0.39 is 0 Å². The summed E-state index contributed by atoms with van der Waals surface area (Å²) in [5, 5.41) is 14.6. The number of rotatable bonds is 3. The Balaban J connectivity index is 2.03. The molecule has 6 nitrogen and oxygen atoms in total. The summed E-state index contributed by atoms with van der Waals surface area (Å²) in [5.74, 6) is -0.0784. The molecule has 4 N–H and O–H groups in total. The van der Waals surface area contributed by atoms with Crippen LogP contribution in [0.4, 0.5) is 0 Å². The number of hydrogen-bond donors (Lipinski definition) is 3. The first-order valence-corrected chi connectivity index (χ1v) is 5.90. The van der Waals surface area contributed by atoms with E-state index in [1.54, 1.807) is 18.3 Å². The van der Waals surface area contributed by atoms with E-state index >= 15 is 0 Å². The second-order valence-corrected chi connectivity index (χ2v) is 4.38. The molecule has 2 rings (SSSR count). The number of carbonyl (C=O) groups excluding carboxylic acids is 1. The van der Waals surface area contributed by atoms with E-state index in [-0.39, 0.29) is 23.7 Å². The molecule has 0 aliphatic heterocycles. The van der Waals surface area contributed by atoms with Gasteiger partial charge >= 0.3 is 0 Å².